The smallest absolute Gasteiger partial charge is 0.241 e. The molecule has 0 saturated carbocycles. The van der Waals surface area contributed by atoms with Crippen molar-refractivity contribution in [2.75, 3.05) is 0 Å². The molecule has 0 unspecified atom stereocenters. The first-order valence-corrected chi connectivity index (χ1v) is 10.1. The van der Waals surface area contributed by atoms with E-state index in [1.807, 2.05) is 0 Å². The standard InChI is InChI=1S/C21H19NO4S/c1-4-21(5-2,6-3)22-27(25,26)14-11-12-17-18(13-14)20(24)16-10-8-7-9-15(16)19(17)23/h1,7-13,22H,5-6H2,2-3H3. The lowest BCUT2D eigenvalue weighted by molar-refractivity contribution is 0.0979. The molecule has 0 atom stereocenters. The topological polar surface area (TPSA) is 80.3 Å². The van der Waals surface area contributed by atoms with Gasteiger partial charge in [-0.3, -0.25) is 9.59 Å². The summed E-state index contributed by atoms with van der Waals surface area (Å²) >= 11 is 0. The highest BCUT2D eigenvalue weighted by atomic mass is 32.2. The first-order valence-electron chi connectivity index (χ1n) is 8.63. The van der Waals surface area contributed by atoms with Crippen LogP contribution in [0, 0.1) is 12.3 Å². The monoisotopic (exact) mass is 381 g/mol. The zero-order valence-corrected chi connectivity index (χ0v) is 15.9. The van der Waals surface area contributed by atoms with Crippen molar-refractivity contribution in [1.29, 1.82) is 0 Å². The third-order valence-corrected chi connectivity index (χ3v) is 6.55. The van der Waals surface area contributed by atoms with Crippen LogP contribution in [-0.2, 0) is 10.0 Å². The van der Waals surface area contributed by atoms with Gasteiger partial charge in [0.2, 0.25) is 10.0 Å². The molecular weight excluding hydrogens is 362 g/mol. The third-order valence-electron chi connectivity index (χ3n) is 5.02. The number of carbonyl (C=O) groups is 2. The van der Waals surface area contributed by atoms with Crippen molar-refractivity contribution >= 4 is 21.6 Å². The molecule has 0 spiro atoms. The molecule has 0 bridgehead atoms. The van der Waals surface area contributed by atoms with Gasteiger partial charge in [0.05, 0.1) is 10.4 Å². The number of nitrogens with one attached hydrogen (secondary N) is 1. The Bertz CT molecular complexity index is 1090. The largest absolute Gasteiger partial charge is 0.289 e. The quantitative estimate of drug-likeness (QED) is 0.689. The van der Waals surface area contributed by atoms with Crippen LogP contribution in [0.5, 0.6) is 0 Å². The maximum atomic E-state index is 12.8. The zero-order valence-electron chi connectivity index (χ0n) is 15.1. The molecule has 0 aliphatic heterocycles. The maximum Gasteiger partial charge on any atom is 0.241 e. The van der Waals surface area contributed by atoms with Crippen LogP contribution < -0.4 is 4.72 Å². The molecule has 1 aliphatic carbocycles. The van der Waals surface area contributed by atoms with E-state index in [1.165, 1.54) is 18.2 Å². The van der Waals surface area contributed by atoms with Crippen molar-refractivity contribution in [2.24, 2.45) is 0 Å². The average Bonchev–Trinajstić information content (AvgIpc) is 2.70. The second-order valence-corrected chi connectivity index (χ2v) is 8.13. The van der Waals surface area contributed by atoms with Gasteiger partial charge in [0.25, 0.3) is 0 Å². The van der Waals surface area contributed by atoms with Gasteiger partial charge in [0, 0.05) is 22.3 Å². The van der Waals surface area contributed by atoms with E-state index in [9.17, 15) is 18.0 Å². The Balaban J connectivity index is 2.08. The minimum atomic E-state index is -3.96. The number of hydrogen-bond acceptors (Lipinski definition) is 4. The number of terminal acetylenes is 1. The first-order chi connectivity index (χ1) is 12.8. The number of rotatable bonds is 5. The summed E-state index contributed by atoms with van der Waals surface area (Å²) in [5, 5.41) is 0. The van der Waals surface area contributed by atoms with Crippen LogP contribution in [0.2, 0.25) is 0 Å². The van der Waals surface area contributed by atoms with E-state index in [0.717, 1.165) is 0 Å². The molecule has 2 aromatic rings. The Kier molecular flexibility index (Phi) is 4.77. The van der Waals surface area contributed by atoms with Gasteiger partial charge in [-0.05, 0) is 31.0 Å². The van der Waals surface area contributed by atoms with Gasteiger partial charge in [-0.15, -0.1) is 6.42 Å². The van der Waals surface area contributed by atoms with Crippen molar-refractivity contribution in [3.8, 4) is 12.3 Å². The molecule has 27 heavy (non-hydrogen) atoms. The molecule has 5 nitrogen and oxygen atoms in total. The van der Waals surface area contributed by atoms with Crippen LogP contribution in [0.25, 0.3) is 0 Å². The lowest BCUT2D eigenvalue weighted by Crippen LogP contribution is -2.46. The van der Waals surface area contributed by atoms with E-state index < -0.39 is 15.6 Å². The van der Waals surface area contributed by atoms with Crippen LogP contribution in [0.1, 0.15) is 58.5 Å². The van der Waals surface area contributed by atoms with Crippen LogP contribution in [-0.4, -0.2) is 25.5 Å². The summed E-state index contributed by atoms with van der Waals surface area (Å²) in [4.78, 5) is 25.3. The molecule has 0 saturated heterocycles. The van der Waals surface area contributed by atoms with Crippen molar-refractivity contribution < 1.29 is 18.0 Å². The minimum Gasteiger partial charge on any atom is -0.289 e. The Morgan fingerprint density at radius 3 is 1.96 bits per heavy atom. The van der Waals surface area contributed by atoms with E-state index in [4.69, 9.17) is 6.42 Å². The highest BCUT2D eigenvalue weighted by molar-refractivity contribution is 7.89. The number of hydrogen-bond donors (Lipinski definition) is 1. The summed E-state index contributed by atoms with van der Waals surface area (Å²) < 4.78 is 28.2. The minimum absolute atomic E-state index is 0.0841. The van der Waals surface area contributed by atoms with E-state index in [2.05, 4.69) is 10.6 Å². The molecule has 0 fully saturated rings. The van der Waals surface area contributed by atoms with Gasteiger partial charge >= 0.3 is 0 Å². The number of carbonyl (C=O) groups excluding carboxylic acids is 2. The van der Waals surface area contributed by atoms with Gasteiger partial charge in [-0.2, -0.15) is 4.72 Å². The predicted molar refractivity (Wildman–Crippen MR) is 102 cm³/mol. The summed E-state index contributed by atoms with van der Waals surface area (Å²) in [7, 11) is -3.96. The van der Waals surface area contributed by atoms with Crippen LogP contribution in [0.4, 0.5) is 0 Å². The summed E-state index contributed by atoms with van der Waals surface area (Å²) in [6.07, 6.45) is 6.39. The average molecular weight is 381 g/mol. The molecule has 0 amide bonds. The van der Waals surface area contributed by atoms with Gasteiger partial charge in [0.1, 0.15) is 0 Å². The van der Waals surface area contributed by atoms with Gasteiger partial charge < -0.3 is 0 Å². The Hall–Kier alpha value is -2.75. The molecule has 0 radical (unpaired) electrons. The summed E-state index contributed by atoms with van der Waals surface area (Å²) in [6, 6.07) is 10.5. The highest BCUT2D eigenvalue weighted by Gasteiger charge is 2.33. The fourth-order valence-corrected chi connectivity index (χ4v) is 4.69. The lowest BCUT2D eigenvalue weighted by Gasteiger charge is -2.27. The molecule has 1 N–H and O–H groups in total. The normalized spacial score (nSPS) is 13.7. The second kappa shape index (κ2) is 6.76. The number of benzene rings is 2. The van der Waals surface area contributed by atoms with Crippen LogP contribution >= 0.6 is 0 Å². The Labute approximate surface area is 158 Å². The molecule has 3 rings (SSSR count). The van der Waals surface area contributed by atoms with Crippen LogP contribution in [0.3, 0.4) is 0 Å². The van der Waals surface area contributed by atoms with E-state index in [0.29, 0.717) is 18.4 Å². The fraction of sp³-hybridized carbons (Fsp3) is 0.238. The number of sulfonamides is 1. The summed E-state index contributed by atoms with van der Waals surface area (Å²) in [5.41, 5.74) is -0.112. The molecule has 138 valence electrons. The molecular formula is C21H19NO4S. The molecule has 0 heterocycles. The Morgan fingerprint density at radius 1 is 0.926 bits per heavy atom. The van der Waals surface area contributed by atoms with Gasteiger partial charge in [-0.25, -0.2) is 8.42 Å². The SMILES string of the molecule is C#CC(CC)(CC)NS(=O)(=O)c1ccc2c(c1)C(=O)c1ccccc1C2=O. The lowest BCUT2D eigenvalue weighted by atomic mass is 9.84. The van der Waals surface area contributed by atoms with Crippen molar-refractivity contribution in [3.63, 3.8) is 0 Å². The highest BCUT2D eigenvalue weighted by Crippen LogP contribution is 2.29. The van der Waals surface area contributed by atoms with Gasteiger partial charge in [-0.1, -0.05) is 44.0 Å². The Morgan fingerprint density at radius 2 is 1.44 bits per heavy atom. The molecule has 6 heteroatoms. The molecule has 0 aromatic heterocycles. The fourth-order valence-electron chi connectivity index (χ4n) is 3.19. The maximum absolute atomic E-state index is 12.8. The number of fused-ring (bicyclic) bond motifs is 2. The van der Waals surface area contributed by atoms with E-state index in [1.54, 1.807) is 38.1 Å². The van der Waals surface area contributed by atoms with Gasteiger partial charge in [0.15, 0.2) is 11.6 Å². The molecule has 1 aliphatic rings. The van der Waals surface area contributed by atoms with Crippen molar-refractivity contribution in [2.45, 2.75) is 37.1 Å². The van der Waals surface area contributed by atoms with Crippen LogP contribution in [0.15, 0.2) is 47.4 Å². The van der Waals surface area contributed by atoms with E-state index >= 15 is 0 Å². The number of ketones is 2. The zero-order chi connectivity index (χ0) is 19.8. The summed E-state index contributed by atoms with van der Waals surface area (Å²) in [5.74, 6) is 1.86. The van der Waals surface area contributed by atoms with Crippen molar-refractivity contribution in [1.82, 2.24) is 4.72 Å². The summed E-state index contributed by atoms with van der Waals surface area (Å²) in [6.45, 7) is 3.61. The third kappa shape index (κ3) is 3.09. The second-order valence-electron chi connectivity index (χ2n) is 6.45. The van der Waals surface area contributed by atoms with Crippen molar-refractivity contribution in [3.05, 3.63) is 64.7 Å². The first kappa shape index (κ1) is 19.0. The predicted octanol–water partition coefficient (Wildman–Crippen LogP) is 2.93. The van der Waals surface area contributed by atoms with E-state index in [-0.39, 0.29) is 33.2 Å². The molecule has 2 aromatic carbocycles.